The molecule has 0 saturated heterocycles. The molecule has 1 aromatic carbocycles. The summed E-state index contributed by atoms with van der Waals surface area (Å²) in [7, 11) is 3.30. The fourth-order valence-electron chi connectivity index (χ4n) is 1.74. The average molecular weight is 283 g/mol. The summed E-state index contributed by atoms with van der Waals surface area (Å²) in [4.78, 5) is 0. The van der Waals surface area contributed by atoms with Crippen molar-refractivity contribution in [1.29, 1.82) is 0 Å². The van der Waals surface area contributed by atoms with Crippen LogP contribution >= 0.6 is 0 Å². The molecule has 0 aliphatic rings. The van der Waals surface area contributed by atoms with Crippen LogP contribution in [-0.2, 0) is 15.9 Å². The molecule has 5 heteroatoms. The van der Waals surface area contributed by atoms with Crippen LogP contribution in [0, 0.1) is 0 Å². The Bertz CT molecular complexity index is 371. The third-order valence-electron chi connectivity index (χ3n) is 2.78. The van der Waals surface area contributed by atoms with Gasteiger partial charge in [-0.3, -0.25) is 0 Å². The third-order valence-corrected chi connectivity index (χ3v) is 2.78. The Morgan fingerprint density at radius 1 is 1.00 bits per heavy atom. The van der Waals surface area contributed by atoms with Gasteiger partial charge in [0.25, 0.3) is 0 Å². The average Bonchev–Trinajstić information content (AvgIpc) is 2.47. The highest BCUT2D eigenvalue weighted by atomic mass is 16.5. The molecule has 0 fully saturated rings. The minimum Gasteiger partial charge on any atom is -0.493 e. The third kappa shape index (κ3) is 6.23. The van der Waals surface area contributed by atoms with Crippen molar-refractivity contribution in [2.24, 2.45) is 5.73 Å². The van der Waals surface area contributed by atoms with Crippen LogP contribution in [0.1, 0.15) is 12.0 Å². The van der Waals surface area contributed by atoms with Crippen LogP contribution in [0.15, 0.2) is 18.2 Å². The predicted octanol–water partition coefficient (Wildman–Crippen LogP) is 1.63. The summed E-state index contributed by atoms with van der Waals surface area (Å²) in [6, 6.07) is 5.91. The Morgan fingerprint density at radius 2 is 1.85 bits per heavy atom. The minimum atomic E-state index is 0.597. The molecule has 0 amide bonds. The van der Waals surface area contributed by atoms with E-state index in [9.17, 15) is 0 Å². The molecule has 1 aromatic rings. The highest BCUT2D eigenvalue weighted by molar-refractivity contribution is 5.43. The van der Waals surface area contributed by atoms with E-state index in [1.807, 2.05) is 18.2 Å². The van der Waals surface area contributed by atoms with Crippen molar-refractivity contribution < 1.29 is 18.9 Å². The number of nitrogens with two attached hydrogens (primary N) is 1. The zero-order valence-corrected chi connectivity index (χ0v) is 12.4. The van der Waals surface area contributed by atoms with Gasteiger partial charge in [0.15, 0.2) is 11.5 Å². The molecule has 0 unspecified atom stereocenters. The predicted molar refractivity (Wildman–Crippen MR) is 78.6 cm³/mol. The SMILES string of the molecule is COCCOCCCOc1ccc(CCN)cc1OC. The molecule has 0 radical (unpaired) electrons. The van der Waals surface area contributed by atoms with Crippen molar-refractivity contribution in [3.05, 3.63) is 23.8 Å². The summed E-state index contributed by atoms with van der Waals surface area (Å²) >= 11 is 0. The van der Waals surface area contributed by atoms with Gasteiger partial charge in [0, 0.05) is 20.1 Å². The Morgan fingerprint density at radius 3 is 2.55 bits per heavy atom. The second-order valence-electron chi connectivity index (χ2n) is 4.33. The van der Waals surface area contributed by atoms with Gasteiger partial charge in [0.05, 0.1) is 26.9 Å². The molecule has 0 spiro atoms. The smallest absolute Gasteiger partial charge is 0.161 e. The van der Waals surface area contributed by atoms with Gasteiger partial charge in [-0.2, -0.15) is 0 Å². The lowest BCUT2D eigenvalue weighted by Gasteiger charge is -2.12. The fourth-order valence-corrected chi connectivity index (χ4v) is 1.74. The molecule has 0 heterocycles. The van der Waals surface area contributed by atoms with Crippen molar-refractivity contribution in [1.82, 2.24) is 0 Å². The lowest BCUT2D eigenvalue weighted by Crippen LogP contribution is -2.07. The van der Waals surface area contributed by atoms with E-state index in [2.05, 4.69) is 0 Å². The normalized spacial score (nSPS) is 10.6. The number of hydrogen-bond donors (Lipinski definition) is 1. The molecule has 0 saturated carbocycles. The number of ether oxygens (including phenoxy) is 4. The van der Waals surface area contributed by atoms with Gasteiger partial charge in [-0.1, -0.05) is 6.07 Å². The maximum absolute atomic E-state index is 5.70. The van der Waals surface area contributed by atoms with Gasteiger partial charge in [0.2, 0.25) is 0 Å². The topological polar surface area (TPSA) is 62.9 Å². The quantitative estimate of drug-likeness (QED) is 0.625. The molecule has 0 aromatic heterocycles. The van der Waals surface area contributed by atoms with Crippen molar-refractivity contribution in [2.75, 3.05) is 47.2 Å². The van der Waals surface area contributed by atoms with E-state index in [-0.39, 0.29) is 0 Å². The van der Waals surface area contributed by atoms with Crippen LogP contribution in [0.2, 0.25) is 0 Å². The summed E-state index contributed by atoms with van der Waals surface area (Å²) in [5.74, 6) is 1.50. The standard InChI is InChI=1S/C15H25NO4/c1-17-10-11-19-8-3-9-20-14-5-4-13(6-7-16)12-15(14)18-2/h4-5,12H,3,6-11,16H2,1-2H3. The first kappa shape index (κ1) is 16.8. The van der Waals surface area contributed by atoms with Crippen LogP contribution in [0.3, 0.4) is 0 Å². The largest absolute Gasteiger partial charge is 0.493 e. The second-order valence-corrected chi connectivity index (χ2v) is 4.33. The lowest BCUT2D eigenvalue weighted by molar-refractivity contribution is 0.0643. The molecule has 0 atom stereocenters. The zero-order valence-electron chi connectivity index (χ0n) is 12.4. The van der Waals surface area contributed by atoms with E-state index in [4.69, 9.17) is 24.7 Å². The Balaban J connectivity index is 2.32. The second kappa shape index (κ2) is 10.5. The van der Waals surface area contributed by atoms with Gasteiger partial charge in [0.1, 0.15) is 0 Å². The van der Waals surface area contributed by atoms with E-state index >= 15 is 0 Å². The maximum atomic E-state index is 5.70. The van der Waals surface area contributed by atoms with E-state index in [0.29, 0.717) is 33.0 Å². The monoisotopic (exact) mass is 283 g/mol. The molecule has 2 N–H and O–H groups in total. The first-order valence-electron chi connectivity index (χ1n) is 6.88. The van der Waals surface area contributed by atoms with E-state index in [1.54, 1.807) is 14.2 Å². The summed E-state index contributed by atoms with van der Waals surface area (Å²) < 4.78 is 21.3. The van der Waals surface area contributed by atoms with Gasteiger partial charge in [-0.05, 0) is 30.7 Å². The first-order chi connectivity index (χ1) is 9.81. The highest BCUT2D eigenvalue weighted by Gasteiger charge is 2.05. The van der Waals surface area contributed by atoms with Crippen molar-refractivity contribution in [3.8, 4) is 11.5 Å². The number of rotatable bonds is 11. The summed E-state index contributed by atoms with van der Waals surface area (Å²) in [5.41, 5.74) is 6.70. The Kier molecular flexibility index (Phi) is 8.78. The Labute approximate surface area is 121 Å². The summed E-state index contributed by atoms with van der Waals surface area (Å²) in [5, 5.41) is 0. The first-order valence-corrected chi connectivity index (χ1v) is 6.88. The molecule has 0 aliphatic heterocycles. The highest BCUT2D eigenvalue weighted by Crippen LogP contribution is 2.28. The van der Waals surface area contributed by atoms with Crippen molar-refractivity contribution >= 4 is 0 Å². The van der Waals surface area contributed by atoms with Crippen LogP contribution in [0.25, 0.3) is 0 Å². The summed E-state index contributed by atoms with van der Waals surface area (Å²) in [6.45, 7) is 3.13. The molecular formula is C15H25NO4. The molecule has 0 aliphatic carbocycles. The molecule has 0 bridgehead atoms. The van der Waals surface area contributed by atoms with Crippen LogP contribution < -0.4 is 15.2 Å². The molecule has 1 rings (SSSR count). The van der Waals surface area contributed by atoms with Crippen LogP contribution in [-0.4, -0.2) is 47.2 Å². The van der Waals surface area contributed by atoms with Crippen LogP contribution in [0.4, 0.5) is 0 Å². The summed E-state index contributed by atoms with van der Waals surface area (Å²) in [6.07, 6.45) is 1.67. The van der Waals surface area contributed by atoms with E-state index in [0.717, 1.165) is 29.9 Å². The van der Waals surface area contributed by atoms with Crippen molar-refractivity contribution in [2.45, 2.75) is 12.8 Å². The number of hydrogen-bond acceptors (Lipinski definition) is 5. The minimum absolute atomic E-state index is 0.597. The van der Waals surface area contributed by atoms with Gasteiger partial charge < -0.3 is 24.7 Å². The number of benzene rings is 1. The lowest BCUT2D eigenvalue weighted by atomic mass is 10.1. The van der Waals surface area contributed by atoms with Crippen LogP contribution in [0.5, 0.6) is 11.5 Å². The molecular weight excluding hydrogens is 258 g/mol. The van der Waals surface area contributed by atoms with Crippen molar-refractivity contribution in [3.63, 3.8) is 0 Å². The van der Waals surface area contributed by atoms with Gasteiger partial charge >= 0.3 is 0 Å². The van der Waals surface area contributed by atoms with E-state index < -0.39 is 0 Å². The van der Waals surface area contributed by atoms with Gasteiger partial charge in [-0.25, -0.2) is 0 Å². The number of methoxy groups -OCH3 is 2. The maximum Gasteiger partial charge on any atom is 0.161 e. The molecule has 5 nitrogen and oxygen atoms in total. The van der Waals surface area contributed by atoms with Gasteiger partial charge in [-0.15, -0.1) is 0 Å². The Hall–Kier alpha value is -1.30. The zero-order chi connectivity index (χ0) is 14.6. The van der Waals surface area contributed by atoms with E-state index in [1.165, 1.54) is 0 Å². The molecule has 20 heavy (non-hydrogen) atoms. The molecule has 114 valence electrons. The fraction of sp³-hybridized carbons (Fsp3) is 0.600.